The lowest BCUT2D eigenvalue weighted by Crippen LogP contribution is -2.19. The topological polar surface area (TPSA) is 61.0 Å². The molecule has 5 nitrogen and oxygen atoms in total. The van der Waals surface area contributed by atoms with Crippen molar-refractivity contribution in [2.24, 2.45) is 0 Å². The van der Waals surface area contributed by atoms with Crippen LogP contribution in [0.25, 0.3) is 0 Å². The minimum Gasteiger partial charge on any atom is -0.260 e. The molecule has 0 spiro atoms. The van der Waals surface area contributed by atoms with Crippen LogP contribution in [0, 0.1) is 17.0 Å². The van der Waals surface area contributed by atoms with E-state index < -0.39 is 0 Å². The van der Waals surface area contributed by atoms with E-state index in [2.05, 4.69) is 5.10 Å². The maximum atomic E-state index is 10.5. The second-order valence-electron chi connectivity index (χ2n) is 3.40. The highest BCUT2D eigenvalue weighted by Gasteiger charge is 2.25. The Balaban J connectivity index is 2.32. The summed E-state index contributed by atoms with van der Waals surface area (Å²) in [5.74, 6) is 0. The lowest BCUT2D eigenvalue weighted by molar-refractivity contribution is -0.385. The van der Waals surface area contributed by atoms with Crippen LogP contribution in [-0.4, -0.2) is 14.7 Å². The molecular weight excluding hydrogens is 170 g/mol. The smallest absolute Gasteiger partial charge is 0.260 e. The van der Waals surface area contributed by atoms with E-state index in [9.17, 15) is 10.1 Å². The SMILES string of the molecule is Cc1c([N+](=O)[O-])cnn1C1CCC1. The zero-order chi connectivity index (χ0) is 9.42. The molecule has 0 bridgehead atoms. The highest BCUT2D eigenvalue weighted by molar-refractivity contribution is 5.32. The lowest BCUT2D eigenvalue weighted by atomic mass is 9.93. The van der Waals surface area contributed by atoms with Crippen molar-refractivity contribution in [3.05, 3.63) is 22.0 Å². The Kier molecular flexibility index (Phi) is 1.79. The van der Waals surface area contributed by atoms with Crippen LogP contribution in [0.3, 0.4) is 0 Å². The number of hydrogen-bond donors (Lipinski definition) is 0. The van der Waals surface area contributed by atoms with Crippen LogP contribution in [0.15, 0.2) is 6.20 Å². The largest absolute Gasteiger partial charge is 0.309 e. The quantitative estimate of drug-likeness (QED) is 0.516. The molecule has 1 saturated carbocycles. The van der Waals surface area contributed by atoms with E-state index in [1.54, 1.807) is 11.6 Å². The number of aromatic nitrogens is 2. The van der Waals surface area contributed by atoms with Gasteiger partial charge in [0.1, 0.15) is 11.9 Å². The number of nitro groups is 1. The van der Waals surface area contributed by atoms with Crippen molar-refractivity contribution in [3.63, 3.8) is 0 Å². The zero-order valence-corrected chi connectivity index (χ0v) is 7.43. The fourth-order valence-corrected chi connectivity index (χ4v) is 1.59. The maximum absolute atomic E-state index is 10.5. The predicted molar refractivity (Wildman–Crippen MR) is 46.5 cm³/mol. The first kappa shape index (κ1) is 8.22. The van der Waals surface area contributed by atoms with Gasteiger partial charge in [-0.1, -0.05) is 0 Å². The first-order valence-corrected chi connectivity index (χ1v) is 4.38. The van der Waals surface area contributed by atoms with Crippen molar-refractivity contribution in [1.29, 1.82) is 0 Å². The molecule has 1 heterocycles. The van der Waals surface area contributed by atoms with Gasteiger partial charge >= 0.3 is 5.69 Å². The Morgan fingerprint density at radius 2 is 2.38 bits per heavy atom. The molecule has 13 heavy (non-hydrogen) atoms. The lowest BCUT2D eigenvalue weighted by Gasteiger charge is -2.26. The summed E-state index contributed by atoms with van der Waals surface area (Å²) in [6, 6.07) is 0.397. The van der Waals surface area contributed by atoms with Crippen LogP contribution in [0.4, 0.5) is 5.69 Å². The molecule has 0 aliphatic heterocycles. The third-order valence-corrected chi connectivity index (χ3v) is 2.64. The average Bonchev–Trinajstić information content (AvgIpc) is 2.29. The van der Waals surface area contributed by atoms with E-state index in [0.717, 1.165) is 12.8 Å². The molecule has 0 radical (unpaired) electrons. The molecule has 0 amide bonds. The van der Waals surface area contributed by atoms with Crippen LogP contribution in [0.5, 0.6) is 0 Å². The van der Waals surface area contributed by atoms with Crippen molar-refractivity contribution >= 4 is 5.69 Å². The monoisotopic (exact) mass is 181 g/mol. The van der Waals surface area contributed by atoms with Gasteiger partial charge in [0.05, 0.1) is 11.0 Å². The highest BCUT2D eigenvalue weighted by atomic mass is 16.6. The van der Waals surface area contributed by atoms with Crippen LogP contribution in [-0.2, 0) is 0 Å². The van der Waals surface area contributed by atoms with E-state index in [-0.39, 0.29) is 10.6 Å². The molecule has 2 rings (SSSR count). The fourth-order valence-electron chi connectivity index (χ4n) is 1.59. The minimum absolute atomic E-state index is 0.131. The molecule has 0 saturated heterocycles. The van der Waals surface area contributed by atoms with Crippen LogP contribution in [0.2, 0.25) is 0 Å². The summed E-state index contributed by atoms with van der Waals surface area (Å²) in [4.78, 5) is 10.1. The molecule has 0 aromatic carbocycles. The Labute approximate surface area is 75.5 Å². The van der Waals surface area contributed by atoms with Gasteiger partial charge in [0.2, 0.25) is 0 Å². The van der Waals surface area contributed by atoms with E-state index >= 15 is 0 Å². The van der Waals surface area contributed by atoms with Crippen molar-refractivity contribution in [1.82, 2.24) is 9.78 Å². The summed E-state index contributed by atoms with van der Waals surface area (Å²) in [6.07, 6.45) is 4.74. The predicted octanol–water partition coefficient (Wildman–Crippen LogP) is 1.82. The van der Waals surface area contributed by atoms with Gasteiger partial charge in [0.15, 0.2) is 0 Å². The summed E-state index contributed by atoms with van der Waals surface area (Å²) in [6.45, 7) is 1.75. The third kappa shape index (κ3) is 1.20. The summed E-state index contributed by atoms with van der Waals surface area (Å²) < 4.78 is 1.78. The summed E-state index contributed by atoms with van der Waals surface area (Å²) in [7, 11) is 0. The first-order valence-electron chi connectivity index (χ1n) is 4.38. The zero-order valence-electron chi connectivity index (χ0n) is 7.43. The van der Waals surface area contributed by atoms with Gasteiger partial charge in [-0.2, -0.15) is 5.10 Å². The Morgan fingerprint density at radius 1 is 1.69 bits per heavy atom. The second kappa shape index (κ2) is 2.83. The van der Waals surface area contributed by atoms with Gasteiger partial charge in [0, 0.05) is 0 Å². The molecule has 1 aromatic heterocycles. The number of nitrogens with zero attached hydrogens (tertiary/aromatic N) is 3. The van der Waals surface area contributed by atoms with E-state index in [1.807, 2.05) is 0 Å². The molecule has 5 heteroatoms. The Hall–Kier alpha value is -1.39. The van der Waals surface area contributed by atoms with Crippen molar-refractivity contribution in [3.8, 4) is 0 Å². The Morgan fingerprint density at radius 3 is 2.77 bits per heavy atom. The van der Waals surface area contributed by atoms with E-state index in [4.69, 9.17) is 0 Å². The van der Waals surface area contributed by atoms with Crippen LogP contribution < -0.4 is 0 Å². The fraction of sp³-hybridized carbons (Fsp3) is 0.625. The molecule has 0 N–H and O–H groups in total. The van der Waals surface area contributed by atoms with Crippen LogP contribution >= 0.6 is 0 Å². The second-order valence-corrected chi connectivity index (χ2v) is 3.40. The summed E-state index contributed by atoms with van der Waals surface area (Å²) in [5.41, 5.74) is 0.807. The number of rotatable bonds is 2. The maximum Gasteiger partial charge on any atom is 0.309 e. The van der Waals surface area contributed by atoms with Gasteiger partial charge in [-0.3, -0.25) is 14.8 Å². The van der Waals surface area contributed by atoms with E-state index in [0.29, 0.717) is 11.7 Å². The minimum atomic E-state index is -0.377. The molecule has 1 aliphatic carbocycles. The Bertz CT molecular complexity index is 341. The molecule has 0 unspecified atom stereocenters. The molecule has 70 valence electrons. The third-order valence-electron chi connectivity index (χ3n) is 2.64. The van der Waals surface area contributed by atoms with Gasteiger partial charge < -0.3 is 0 Å². The van der Waals surface area contributed by atoms with Gasteiger partial charge in [0.25, 0.3) is 0 Å². The molecular formula is C8H11N3O2. The number of hydrogen-bond acceptors (Lipinski definition) is 3. The normalized spacial score (nSPS) is 17.0. The standard InChI is InChI=1S/C8H11N3O2/c1-6-8(11(12)13)5-9-10(6)7-3-2-4-7/h5,7H,2-4H2,1H3. The summed E-state index contributed by atoms with van der Waals surface area (Å²) >= 11 is 0. The van der Waals surface area contributed by atoms with Crippen molar-refractivity contribution in [2.75, 3.05) is 0 Å². The molecule has 0 atom stereocenters. The van der Waals surface area contributed by atoms with Crippen LogP contribution in [0.1, 0.15) is 31.0 Å². The van der Waals surface area contributed by atoms with Gasteiger partial charge in [-0.25, -0.2) is 0 Å². The molecule has 1 aliphatic rings. The molecule has 1 fully saturated rings. The van der Waals surface area contributed by atoms with Crippen molar-refractivity contribution < 1.29 is 4.92 Å². The highest BCUT2D eigenvalue weighted by Crippen LogP contribution is 2.33. The van der Waals surface area contributed by atoms with E-state index in [1.165, 1.54) is 12.6 Å². The van der Waals surface area contributed by atoms with Crippen molar-refractivity contribution in [2.45, 2.75) is 32.2 Å². The molecule has 1 aromatic rings. The van der Waals surface area contributed by atoms with Gasteiger partial charge in [-0.05, 0) is 26.2 Å². The van der Waals surface area contributed by atoms with Gasteiger partial charge in [-0.15, -0.1) is 0 Å². The summed E-state index contributed by atoms with van der Waals surface area (Å²) in [5, 5.41) is 14.6. The average molecular weight is 181 g/mol. The first-order chi connectivity index (χ1) is 6.20.